The highest BCUT2D eigenvalue weighted by Crippen LogP contribution is 2.42. The Bertz CT molecular complexity index is 295. The van der Waals surface area contributed by atoms with Gasteiger partial charge in [0.15, 0.2) is 5.79 Å². The maximum Gasteiger partial charge on any atom is 0.173 e. The van der Waals surface area contributed by atoms with Crippen molar-refractivity contribution in [3.05, 3.63) is 0 Å². The van der Waals surface area contributed by atoms with Crippen LogP contribution < -0.4 is 0 Å². The Kier molecular flexibility index (Phi) is 15.9. The van der Waals surface area contributed by atoms with E-state index >= 15 is 0 Å². The normalized spacial score (nSPS) is 15.8. The van der Waals surface area contributed by atoms with Crippen LogP contribution in [0.3, 0.4) is 0 Å². The van der Waals surface area contributed by atoms with Crippen LogP contribution in [-0.2, 0) is 9.47 Å². The number of rotatable bonds is 18. The summed E-state index contributed by atoms with van der Waals surface area (Å²) >= 11 is 0. The fourth-order valence-corrected chi connectivity index (χ4v) is 4.02. The summed E-state index contributed by atoms with van der Waals surface area (Å²) in [6, 6.07) is 0. The van der Waals surface area contributed by atoms with E-state index in [1.165, 1.54) is 51.4 Å². The quantitative estimate of drug-likeness (QED) is 0.180. The van der Waals surface area contributed by atoms with E-state index in [2.05, 4.69) is 48.5 Å². The maximum atomic E-state index is 6.59. The summed E-state index contributed by atoms with van der Waals surface area (Å²) < 4.78 is 13.2. The number of hydrogen-bond donors (Lipinski definition) is 0. The van der Waals surface area contributed by atoms with Gasteiger partial charge in [0, 0.05) is 25.0 Å². The van der Waals surface area contributed by atoms with Crippen LogP contribution in [0.4, 0.5) is 0 Å². The van der Waals surface area contributed by atoms with Crippen LogP contribution in [0, 0.1) is 17.8 Å². The minimum absolute atomic E-state index is 0.403. The van der Waals surface area contributed by atoms with Crippen molar-refractivity contribution in [2.45, 2.75) is 125 Å². The van der Waals surface area contributed by atoms with Crippen molar-refractivity contribution in [3.63, 3.8) is 0 Å². The molecule has 26 heavy (non-hydrogen) atoms. The van der Waals surface area contributed by atoms with E-state index in [0.717, 1.165) is 32.5 Å². The predicted octanol–water partition coefficient (Wildman–Crippen LogP) is 7.99. The Morgan fingerprint density at radius 2 is 1.19 bits per heavy atom. The van der Waals surface area contributed by atoms with Gasteiger partial charge in [0.2, 0.25) is 0 Å². The van der Waals surface area contributed by atoms with Crippen LogP contribution in [0.25, 0.3) is 0 Å². The second-order valence-electron chi connectivity index (χ2n) is 8.28. The molecule has 0 radical (unpaired) electrons. The van der Waals surface area contributed by atoms with Gasteiger partial charge in [-0.3, -0.25) is 0 Å². The van der Waals surface area contributed by atoms with Gasteiger partial charge in [-0.2, -0.15) is 0 Å². The Labute approximate surface area is 165 Å². The average Bonchev–Trinajstić information content (AvgIpc) is 2.67. The molecule has 0 aromatic heterocycles. The molecule has 0 spiro atoms. The Hall–Kier alpha value is -0.0800. The molecule has 158 valence electrons. The summed E-state index contributed by atoms with van der Waals surface area (Å²) in [5.74, 6) is 1.15. The second-order valence-corrected chi connectivity index (χ2v) is 8.28. The molecular weight excluding hydrogens is 320 g/mol. The standard InChI is InChI=1S/C24H50O2/c1-8-13-14-15-16-17-18-23(21(6)11-4)24(22(7)12-5,25-19-9-2)26-20-10-3/h21-23H,8-20H2,1-7H3. The molecule has 0 fully saturated rings. The summed E-state index contributed by atoms with van der Waals surface area (Å²) in [5, 5.41) is 0. The van der Waals surface area contributed by atoms with Gasteiger partial charge in [-0.15, -0.1) is 0 Å². The zero-order valence-corrected chi connectivity index (χ0v) is 19.2. The largest absolute Gasteiger partial charge is 0.349 e. The van der Waals surface area contributed by atoms with Crippen LogP contribution in [0.15, 0.2) is 0 Å². The van der Waals surface area contributed by atoms with Crippen molar-refractivity contribution in [1.29, 1.82) is 0 Å². The van der Waals surface area contributed by atoms with Crippen molar-refractivity contribution in [1.82, 2.24) is 0 Å². The van der Waals surface area contributed by atoms with Crippen LogP contribution in [0.1, 0.15) is 119 Å². The molecule has 0 saturated carbocycles. The molecule has 0 aromatic rings. The molecule has 0 amide bonds. The molecule has 2 heteroatoms. The van der Waals surface area contributed by atoms with Gasteiger partial charge >= 0.3 is 0 Å². The number of hydrogen-bond acceptors (Lipinski definition) is 2. The highest BCUT2D eigenvalue weighted by Gasteiger charge is 2.46. The van der Waals surface area contributed by atoms with E-state index in [0.29, 0.717) is 17.8 Å². The number of unbranched alkanes of at least 4 members (excludes halogenated alkanes) is 5. The summed E-state index contributed by atoms with van der Waals surface area (Å²) in [6.07, 6.45) is 13.8. The molecule has 3 atom stereocenters. The Morgan fingerprint density at radius 1 is 0.654 bits per heavy atom. The summed E-state index contributed by atoms with van der Waals surface area (Å²) in [6.45, 7) is 17.6. The molecule has 0 aliphatic heterocycles. The lowest BCUT2D eigenvalue weighted by Gasteiger charge is -2.47. The van der Waals surface area contributed by atoms with Crippen molar-refractivity contribution < 1.29 is 9.47 Å². The summed E-state index contributed by atoms with van der Waals surface area (Å²) in [5.41, 5.74) is 0. The smallest absolute Gasteiger partial charge is 0.173 e. The first-order valence-electron chi connectivity index (χ1n) is 11.8. The van der Waals surface area contributed by atoms with Crippen LogP contribution in [0.5, 0.6) is 0 Å². The van der Waals surface area contributed by atoms with Gasteiger partial charge < -0.3 is 9.47 Å². The fourth-order valence-electron chi connectivity index (χ4n) is 4.02. The van der Waals surface area contributed by atoms with Crippen molar-refractivity contribution in [3.8, 4) is 0 Å². The van der Waals surface area contributed by atoms with Gasteiger partial charge in [0.1, 0.15) is 0 Å². The third-order valence-corrected chi connectivity index (χ3v) is 6.08. The lowest BCUT2D eigenvalue weighted by atomic mass is 9.75. The highest BCUT2D eigenvalue weighted by atomic mass is 16.7. The molecule has 0 aromatic carbocycles. The number of ether oxygens (including phenoxy) is 2. The predicted molar refractivity (Wildman–Crippen MR) is 116 cm³/mol. The Morgan fingerprint density at radius 3 is 1.65 bits per heavy atom. The van der Waals surface area contributed by atoms with Crippen LogP contribution in [0.2, 0.25) is 0 Å². The van der Waals surface area contributed by atoms with Crippen molar-refractivity contribution >= 4 is 0 Å². The molecule has 0 N–H and O–H groups in total. The molecule has 0 bridgehead atoms. The molecule has 3 unspecified atom stereocenters. The first kappa shape index (κ1) is 25.9. The van der Waals surface area contributed by atoms with Crippen LogP contribution >= 0.6 is 0 Å². The van der Waals surface area contributed by atoms with Crippen molar-refractivity contribution in [2.24, 2.45) is 17.8 Å². The topological polar surface area (TPSA) is 18.5 Å². The fraction of sp³-hybridized carbons (Fsp3) is 1.00. The zero-order valence-electron chi connectivity index (χ0n) is 19.2. The van der Waals surface area contributed by atoms with Crippen LogP contribution in [-0.4, -0.2) is 19.0 Å². The molecule has 0 saturated heterocycles. The molecule has 0 heterocycles. The average molecular weight is 371 g/mol. The molecule has 0 aliphatic carbocycles. The molecular formula is C24H50O2. The third-order valence-electron chi connectivity index (χ3n) is 6.08. The molecule has 0 rings (SSSR count). The van der Waals surface area contributed by atoms with E-state index in [1.807, 2.05) is 0 Å². The van der Waals surface area contributed by atoms with Gasteiger partial charge in [0.05, 0.1) is 0 Å². The molecule has 0 aliphatic rings. The highest BCUT2D eigenvalue weighted by molar-refractivity contribution is 4.87. The van der Waals surface area contributed by atoms with E-state index in [9.17, 15) is 0 Å². The zero-order chi connectivity index (χ0) is 19.8. The van der Waals surface area contributed by atoms with Gasteiger partial charge in [-0.25, -0.2) is 0 Å². The van der Waals surface area contributed by atoms with E-state index in [1.54, 1.807) is 0 Å². The van der Waals surface area contributed by atoms with E-state index in [-0.39, 0.29) is 0 Å². The maximum absolute atomic E-state index is 6.59. The summed E-state index contributed by atoms with van der Waals surface area (Å²) in [7, 11) is 0. The SMILES string of the molecule is CCCCCCCCC(C(C)CC)C(OCCC)(OCCC)C(C)CC. The monoisotopic (exact) mass is 370 g/mol. The lowest BCUT2D eigenvalue weighted by molar-refractivity contribution is -0.303. The first-order valence-corrected chi connectivity index (χ1v) is 11.8. The minimum atomic E-state index is -0.403. The van der Waals surface area contributed by atoms with Gasteiger partial charge in [-0.1, -0.05) is 93.4 Å². The van der Waals surface area contributed by atoms with E-state index in [4.69, 9.17) is 9.47 Å². The second kappa shape index (κ2) is 15.9. The third kappa shape index (κ3) is 8.74. The Balaban J connectivity index is 5.26. The van der Waals surface area contributed by atoms with E-state index < -0.39 is 5.79 Å². The summed E-state index contributed by atoms with van der Waals surface area (Å²) in [4.78, 5) is 0. The van der Waals surface area contributed by atoms with Crippen molar-refractivity contribution in [2.75, 3.05) is 13.2 Å². The first-order chi connectivity index (χ1) is 12.5. The lowest BCUT2D eigenvalue weighted by Crippen LogP contribution is -2.51. The van der Waals surface area contributed by atoms with Gasteiger partial charge in [0.25, 0.3) is 0 Å². The minimum Gasteiger partial charge on any atom is -0.349 e. The van der Waals surface area contributed by atoms with Gasteiger partial charge in [-0.05, 0) is 31.6 Å². The molecule has 2 nitrogen and oxygen atoms in total.